The fraction of sp³-hybridized carbons (Fsp3) is 0.111. The highest BCUT2D eigenvalue weighted by molar-refractivity contribution is 7.14. The highest BCUT2D eigenvalue weighted by Crippen LogP contribution is 2.15. The van der Waals surface area contributed by atoms with Gasteiger partial charge in [0.2, 0.25) is 12.1 Å². The average molecular weight is 253 g/mol. The van der Waals surface area contributed by atoms with E-state index in [2.05, 4.69) is 26.2 Å². The van der Waals surface area contributed by atoms with Gasteiger partial charge >= 0.3 is 5.97 Å². The normalized spacial score (nSPS) is 10.4. The summed E-state index contributed by atoms with van der Waals surface area (Å²) in [4.78, 5) is 29.4. The molecule has 0 aromatic carbocycles. The summed E-state index contributed by atoms with van der Waals surface area (Å²) in [7, 11) is 0. The summed E-state index contributed by atoms with van der Waals surface area (Å²) in [5, 5.41) is 16.2. The van der Waals surface area contributed by atoms with Crippen LogP contribution in [0.15, 0.2) is 10.5 Å². The number of anilines is 1. The van der Waals surface area contributed by atoms with E-state index in [4.69, 9.17) is 11.5 Å². The van der Waals surface area contributed by atoms with Crippen LogP contribution in [0.5, 0.6) is 0 Å². The van der Waals surface area contributed by atoms with Crippen LogP contribution in [0, 0.1) is 12.3 Å². The molecule has 0 fully saturated rings. The number of aliphatic carboxylic acids is 1. The van der Waals surface area contributed by atoms with Gasteiger partial charge in [-0.25, -0.2) is 9.78 Å². The third kappa shape index (κ3) is 3.58. The van der Waals surface area contributed by atoms with Crippen LogP contribution in [-0.4, -0.2) is 34.8 Å². The Bertz CT molecular complexity index is 489. The number of hydrogen-bond acceptors (Lipinski definition) is 6. The molecule has 17 heavy (non-hydrogen) atoms. The molecule has 0 saturated carbocycles. The van der Waals surface area contributed by atoms with Crippen LogP contribution in [0.4, 0.5) is 5.13 Å². The van der Waals surface area contributed by atoms with Crippen LogP contribution < -0.4 is 5.32 Å². The van der Waals surface area contributed by atoms with Crippen molar-refractivity contribution in [2.45, 2.75) is 0 Å². The predicted octanol–water partition coefficient (Wildman–Crippen LogP) is 0.150. The molecule has 1 heterocycles. The van der Waals surface area contributed by atoms with Crippen LogP contribution in [0.2, 0.25) is 0 Å². The zero-order chi connectivity index (χ0) is 12.7. The highest BCUT2D eigenvalue weighted by atomic mass is 32.1. The third-order valence-electron chi connectivity index (χ3n) is 1.44. The van der Waals surface area contributed by atoms with E-state index in [0.29, 0.717) is 6.41 Å². The number of aromatic nitrogens is 1. The van der Waals surface area contributed by atoms with Gasteiger partial charge in [-0.1, -0.05) is 11.1 Å². The van der Waals surface area contributed by atoms with Crippen molar-refractivity contribution in [2.75, 3.05) is 11.9 Å². The lowest BCUT2D eigenvalue weighted by Gasteiger charge is -1.96. The van der Waals surface area contributed by atoms with Gasteiger partial charge in [-0.3, -0.25) is 4.79 Å². The molecule has 0 spiro atoms. The number of carboxylic acid groups (broad SMARTS) is 1. The number of carbonyl (C=O) groups is 2. The number of nitrogens with zero attached hydrogens (tertiary/aromatic N) is 2. The summed E-state index contributed by atoms with van der Waals surface area (Å²) < 4.78 is 0. The number of terminal acetylenes is 1. The maximum absolute atomic E-state index is 10.9. The zero-order valence-electron chi connectivity index (χ0n) is 8.41. The summed E-state index contributed by atoms with van der Waals surface area (Å²) in [5.41, 5.74) is -0.292. The van der Waals surface area contributed by atoms with E-state index in [0.717, 1.165) is 11.3 Å². The molecule has 0 aliphatic rings. The van der Waals surface area contributed by atoms with Gasteiger partial charge in [0, 0.05) is 5.38 Å². The molecular weight excluding hydrogens is 246 g/mol. The van der Waals surface area contributed by atoms with E-state index in [1.165, 1.54) is 5.38 Å². The number of carbonyl (C=O) groups excluding carboxylic acids is 1. The second-order valence-electron chi connectivity index (χ2n) is 2.52. The summed E-state index contributed by atoms with van der Waals surface area (Å²) >= 11 is 1.07. The molecule has 1 rings (SSSR count). The summed E-state index contributed by atoms with van der Waals surface area (Å²) in [6, 6.07) is 0. The SMILES string of the molecule is C#CCO/N=C(\C(=O)O)c1csc(NC=O)n1. The number of nitrogens with one attached hydrogen (secondary N) is 1. The molecule has 1 aromatic heterocycles. The maximum atomic E-state index is 10.9. The van der Waals surface area contributed by atoms with Gasteiger partial charge in [0.1, 0.15) is 5.69 Å². The first-order chi connectivity index (χ1) is 8.19. The molecule has 1 amide bonds. The van der Waals surface area contributed by atoms with Crippen LogP contribution in [0.1, 0.15) is 5.69 Å². The number of oxime groups is 1. The third-order valence-corrected chi connectivity index (χ3v) is 2.21. The number of hydrogen-bond donors (Lipinski definition) is 2. The average Bonchev–Trinajstić information content (AvgIpc) is 2.73. The summed E-state index contributed by atoms with van der Waals surface area (Å²) in [6.45, 7) is -0.139. The molecular formula is C9H7N3O4S. The minimum absolute atomic E-state index is 0.0869. The largest absolute Gasteiger partial charge is 0.476 e. The van der Waals surface area contributed by atoms with Crippen molar-refractivity contribution < 1.29 is 19.5 Å². The van der Waals surface area contributed by atoms with Crippen molar-refractivity contribution in [3.63, 3.8) is 0 Å². The van der Waals surface area contributed by atoms with Crippen LogP contribution in [-0.2, 0) is 14.4 Å². The van der Waals surface area contributed by atoms with E-state index in [1.807, 2.05) is 0 Å². The molecule has 0 atom stereocenters. The Morgan fingerprint density at radius 3 is 3.18 bits per heavy atom. The first-order valence-corrected chi connectivity index (χ1v) is 5.09. The van der Waals surface area contributed by atoms with Gasteiger partial charge in [0.15, 0.2) is 11.7 Å². The number of rotatable bonds is 6. The van der Waals surface area contributed by atoms with Crippen molar-refractivity contribution in [1.29, 1.82) is 0 Å². The van der Waals surface area contributed by atoms with E-state index in [9.17, 15) is 9.59 Å². The maximum Gasteiger partial charge on any atom is 0.360 e. The molecule has 0 aliphatic carbocycles. The standard InChI is InChI=1S/C9H7N3O4S/c1-2-3-16-12-7(8(14)15)6-4-17-9(11-6)10-5-13/h1,4-5H,3H2,(H,14,15)(H,10,11,13)/b12-7-. The molecule has 2 N–H and O–H groups in total. The van der Waals surface area contributed by atoms with Crippen LogP contribution in [0.3, 0.4) is 0 Å². The zero-order valence-corrected chi connectivity index (χ0v) is 9.23. The van der Waals surface area contributed by atoms with Crippen LogP contribution in [0.25, 0.3) is 0 Å². The molecule has 88 valence electrons. The Morgan fingerprint density at radius 2 is 2.59 bits per heavy atom. The molecule has 0 saturated heterocycles. The molecule has 1 aromatic rings. The molecule has 7 nitrogen and oxygen atoms in total. The molecule has 0 bridgehead atoms. The fourth-order valence-corrected chi connectivity index (χ4v) is 1.48. The van der Waals surface area contributed by atoms with Crippen LogP contribution >= 0.6 is 11.3 Å². The van der Waals surface area contributed by atoms with E-state index >= 15 is 0 Å². The van der Waals surface area contributed by atoms with E-state index in [-0.39, 0.29) is 23.1 Å². The number of amides is 1. The molecule has 0 aliphatic heterocycles. The van der Waals surface area contributed by atoms with Crippen molar-refractivity contribution in [2.24, 2.45) is 5.16 Å². The Hall–Kier alpha value is -2.40. The quantitative estimate of drug-likeness (QED) is 0.247. The molecule has 0 radical (unpaired) electrons. The van der Waals surface area contributed by atoms with Gasteiger partial charge in [-0.2, -0.15) is 0 Å². The van der Waals surface area contributed by atoms with Crippen molar-refractivity contribution >= 4 is 34.6 Å². The number of thiazole rings is 1. The number of carboxylic acids is 1. The Kier molecular flexibility index (Phi) is 4.65. The van der Waals surface area contributed by atoms with Gasteiger partial charge in [-0.05, 0) is 0 Å². The van der Waals surface area contributed by atoms with Gasteiger partial charge in [-0.15, -0.1) is 17.8 Å². The fourth-order valence-electron chi connectivity index (χ4n) is 0.829. The Labute approximate surface area is 100 Å². The second-order valence-corrected chi connectivity index (χ2v) is 3.38. The lowest BCUT2D eigenvalue weighted by molar-refractivity contribution is -0.129. The minimum atomic E-state index is -1.30. The minimum Gasteiger partial charge on any atom is -0.476 e. The molecule has 0 unspecified atom stereocenters. The second kappa shape index (κ2) is 6.24. The van der Waals surface area contributed by atoms with E-state index < -0.39 is 5.97 Å². The highest BCUT2D eigenvalue weighted by Gasteiger charge is 2.17. The Morgan fingerprint density at radius 1 is 1.82 bits per heavy atom. The van der Waals surface area contributed by atoms with Gasteiger partial charge < -0.3 is 15.3 Å². The lowest BCUT2D eigenvalue weighted by Crippen LogP contribution is -2.15. The van der Waals surface area contributed by atoms with E-state index in [1.54, 1.807) is 0 Å². The van der Waals surface area contributed by atoms with Crippen molar-refractivity contribution in [1.82, 2.24) is 4.98 Å². The Balaban J connectivity index is 2.90. The smallest absolute Gasteiger partial charge is 0.360 e. The summed E-state index contributed by atoms with van der Waals surface area (Å²) in [5.74, 6) is 0.839. The first-order valence-electron chi connectivity index (χ1n) is 4.21. The lowest BCUT2D eigenvalue weighted by atomic mass is 10.3. The topological polar surface area (TPSA) is 101 Å². The predicted molar refractivity (Wildman–Crippen MR) is 60.8 cm³/mol. The van der Waals surface area contributed by atoms with Crippen molar-refractivity contribution in [3.05, 3.63) is 11.1 Å². The van der Waals surface area contributed by atoms with Crippen molar-refractivity contribution in [3.8, 4) is 12.3 Å². The summed E-state index contributed by atoms with van der Waals surface area (Å²) in [6.07, 6.45) is 5.36. The van der Waals surface area contributed by atoms with Gasteiger partial charge in [0.25, 0.3) is 0 Å². The molecule has 8 heteroatoms. The first kappa shape index (κ1) is 12.7. The van der Waals surface area contributed by atoms with Gasteiger partial charge in [0.05, 0.1) is 0 Å². The monoisotopic (exact) mass is 253 g/mol.